The molecule has 0 bridgehead atoms. The molecule has 3 nitrogen and oxygen atoms in total. The van der Waals surface area contributed by atoms with Crippen LogP contribution in [-0.4, -0.2) is 23.7 Å². The Morgan fingerprint density at radius 2 is 1.83 bits per heavy atom. The fourth-order valence-corrected chi connectivity index (χ4v) is 4.66. The first-order valence-electron chi connectivity index (χ1n) is 11.6. The summed E-state index contributed by atoms with van der Waals surface area (Å²) in [4.78, 5) is 11.9. The Hall–Kier alpha value is -1.61. The Balaban J connectivity index is 1.37. The number of benzene rings is 1. The number of hydrogen-bond donors (Lipinski definition) is 1. The van der Waals surface area contributed by atoms with Crippen molar-refractivity contribution in [1.82, 2.24) is 5.32 Å². The number of esters is 1. The van der Waals surface area contributed by atoms with Crippen molar-refractivity contribution in [1.29, 1.82) is 0 Å². The summed E-state index contributed by atoms with van der Waals surface area (Å²) in [7, 11) is 0. The summed E-state index contributed by atoms with van der Waals surface area (Å²) in [6, 6.07) is 12.0. The van der Waals surface area contributed by atoms with Crippen LogP contribution in [0, 0.1) is 11.8 Å². The molecule has 0 aliphatic heterocycles. The molecular formula is C26H39NO2. The molecule has 0 spiro atoms. The zero-order valence-electron chi connectivity index (χ0n) is 18.7. The average Bonchev–Trinajstić information content (AvgIpc) is 3.44. The van der Waals surface area contributed by atoms with Gasteiger partial charge in [-0.2, -0.15) is 0 Å². The third kappa shape index (κ3) is 7.29. The molecule has 2 fully saturated rings. The molecule has 0 unspecified atom stereocenters. The number of rotatable bonds is 8. The first-order valence-corrected chi connectivity index (χ1v) is 11.6. The van der Waals surface area contributed by atoms with Crippen molar-refractivity contribution in [2.24, 2.45) is 11.8 Å². The summed E-state index contributed by atoms with van der Waals surface area (Å²) >= 11 is 0. The monoisotopic (exact) mass is 397 g/mol. The second-order valence-electron chi connectivity index (χ2n) is 9.94. The molecular weight excluding hydrogens is 358 g/mol. The van der Waals surface area contributed by atoms with E-state index in [-0.39, 0.29) is 11.6 Å². The predicted octanol–water partition coefficient (Wildman–Crippen LogP) is 6.14. The van der Waals surface area contributed by atoms with Crippen LogP contribution in [0.5, 0.6) is 0 Å². The molecule has 160 valence electrons. The van der Waals surface area contributed by atoms with Gasteiger partial charge in [0.2, 0.25) is 0 Å². The minimum Gasteiger partial charge on any atom is -0.460 e. The lowest BCUT2D eigenvalue weighted by Gasteiger charge is -2.29. The molecule has 2 aliphatic rings. The van der Waals surface area contributed by atoms with Gasteiger partial charge >= 0.3 is 5.97 Å². The molecule has 3 heteroatoms. The highest BCUT2D eigenvalue weighted by molar-refractivity contribution is 5.69. The molecule has 1 aromatic carbocycles. The van der Waals surface area contributed by atoms with Crippen LogP contribution in [0.4, 0.5) is 0 Å². The third-order valence-electron chi connectivity index (χ3n) is 6.30. The number of carbonyl (C=O) groups excluding carboxylic acids is 1. The van der Waals surface area contributed by atoms with E-state index < -0.39 is 0 Å². The SMILES string of the molecule is CC/C(=C\c1ccccc1)[C@@H]1C[C@H]1NC1CCC(CCC(=O)OC(C)(C)C)CC1. The zero-order valence-corrected chi connectivity index (χ0v) is 18.7. The summed E-state index contributed by atoms with van der Waals surface area (Å²) in [5.41, 5.74) is 2.53. The van der Waals surface area contributed by atoms with Crippen molar-refractivity contribution in [3.05, 3.63) is 41.5 Å². The standard InChI is InChI=1S/C26H39NO2/c1-5-21(17-20-9-7-6-8-10-20)23-18-24(23)27-22-14-11-19(12-15-22)13-16-25(28)29-26(2,3)4/h6-10,17,19,22-24,27H,5,11-16,18H2,1-4H3/b21-17+/t19?,22?,23-,24+/m0/s1. The van der Waals surface area contributed by atoms with Gasteiger partial charge in [0.05, 0.1) is 0 Å². The minimum absolute atomic E-state index is 0.0455. The second kappa shape index (κ2) is 9.93. The van der Waals surface area contributed by atoms with Crippen LogP contribution >= 0.6 is 0 Å². The van der Waals surface area contributed by atoms with E-state index in [1.54, 1.807) is 5.57 Å². The van der Waals surface area contributed by atoms with E-state index in [2.05, 4.69) is 48.6 Å². The summed E-state index contributed by atoms with van der Waals surface area (Å²) in [6.07, 6.45) is 11.3. The summed E-state index contributed by atoms with van der Waals surface area (Å²) in [6.45, 7) is 8.09. The molecule has 0 aromatic heterocycles. The van der Waals surface area contributed by atoms with Crippen molar-refractivity contribution in [3.63, 3.8) is 0 Å². The van der Waals surface area contributed by atoms with Crippen LogP contribution < -0.4 is 5.32 Å². The first-order chi connectivity index (χ1) is 13.8. The lowest BCUT2D eigenvalue weighted by Crippen LogP contribution is -2.35. The molecule has 2 aliphatic carbocycles. The molecule has 0 radical (unpaired) electrons. The van der Waals surface area contributed by atoms with E-state index in [1.807, 2.05) is 20.8 Å². The highest BCUT2D eigenvalue weighted by Gasteiger charge is 2.40. The third-order valence-corrected chi connectivity index (χ3v) is 6.30. The largest absolute Gasteiger partial charge is 0.460 e. The maximum atomic E-state index is 11.9. The number of hydrogen-bond acceptors (Lipinski definition) is 3. The smallest absolute Gasteiger partial charge is 0.306 e. The number of ether oxygens (including phenoxy) is 1. The van der Waals surface area contributed by atoms with E-state index in [9.17, 15) is 4.79 Å². The Bertz CT molecular complexity index is 680. The van der Waals surface area contributed by atoms with E-state index in [0.29, 0.717) is 30.3 Å². The highest BCUT2D eigenvalue weighted by Crippen LogP contribution is 2.41. The fourth-order valence-electron chi connectivity index (χ4n) is 4.66. The van der Waals surface area contributed by atoms with Gasteiger partial charge in [0.15, 0.2) is 0 Å². The Morgan fingerprint density at radius 1 is 1.14 bits per heavy atom. The van der Waals surface area contributed by atoms with Crippen LogP contribution in [0.15, 0.2) is 35.9 Å². The van der Waals surface area contributed by atoms with Gasteiger partial charge in [-0.3, -0.25) is 4.79 Å². The average molecular weight is 398 g/mol. The van der Waals surface area contributed by atoms with Gasteiger partial charge in [-0.25, -0.2) is 0 Å². The van der Waals surface area contributed by atoms with Gasteiger partial charge in [0.25, 0.3) is 0 Å². The molecule has 29 heavy (non-hydrogen) atoms. The van der Waals surface area contributed by atoms with Gasteiger partial charge in [-0.1, -0.05) is 48.9 Å². The zero-order chi connectivity index (χ0) is 20.9. The van der Waals surface area contributed by atoms with Crippen molar-refractivity contribution < 1.29 is 9.53 Å². The molecule has 1 N–H and O–H groups in total. The van der Waals surface area contributed by atoms with Gasteiger partial charge in [-0.15, -0.1) is 0 Å². The molecule has 2 saturated carbocycles. The first kappa shape index (κ1) is 22.1. The van der Waals surface area contributed by atoms with Crippen LogP contribution in [0.2, 0.25) is 0 Å². The predicted molar refractivity (Wildman–Crippen MR) is 121 cm³/mol. The van der Waals surface area contributed by atoms with Gasteiger partial charge in [-0.05, 0) is 83.1 Å². The summed E-state index contributed by atoms with van der Waals surface area (Å²) < 4.78 is 5.44. The van der Waals surface area contributed by atoms with E-state index in [4.69, 9.17) is 4.74 Å². The van der Waals surface area contributed by atoms with E-state index >= 15 is 0 Å². The van der Waals surface area contributed by atoms with Crippen molar-refractivity contribution in [3.8, 4) is 0 Å². The Kier molecular flexibility index (Phi) is 7.56. The molecule has 3 rings (SSSR count). The van der Waals surface area contributed by atoms with Crippen molar-refractivity contribution >= 4 is 12.0 Å². The maximum Gasteiger partial charge on any atom is 0.306 e. The van der Waals surface area contributed by atoms with Crippen LogP contribution in [-0.2, 0) is 9.53 Å². The summed E-state index contributed by atoms with van der Waals surface area (Å²) in [5, 5.41) is 3.93. The van der Waals surface area contributed by atoms with Gasteiger partial charge in [0, 0.05) is 18.5 Å². The second-order valence-corrected chi connectivity index (χ2v) is 9.94. The lowest BCUT2D eigenvalue weighted by molar-refractivity contribution is -0.155. The quantitative estimate of drug-likeness (QED) is 0.536. The van der Waals surface area contributed by atoms with Crippen LogP contribution in [0.3, 0.4) is 0 Å². The fraction of sp³-hybridized carbons (Fsp3) is 0.654. The van der Waals surface area contributed by atoms with Gasteiger partial charge in [0.1, 0.15) is 5.60 Å². The molecule has 2 atom stereocenters. The van der Waals surface area contributed by atoms with E-state index in [0.717, 1.165) is 12.8 Å². The highest BCUT2D eigenvalue weighted by atomic mass is 16.6. The molecule has 1 aromatic rings. The lowest BCUT2D eigenvalue weighted by atomic mass is 9.83. The molecule has 0 saturated heterocycles. The molecule has 0 amide bonds. The normalized spacial score (nSPS) is 27.5. The maximum absolute atomic E-state index is 11.9. The number of nitrogens with one attached hydrogen (secondary N) is 1. The number of carbonyl (C=O) groups is 1. The van der Waals surface area contributed by atoms with E-state index in [1.165, 1.54) is 37.7 Å². The van der Waals surface area contributed by atoms with Crippen molar-refractivity contribution in [2.45, 2.75) is 96.7 Å². The van der Waals surface area contributed by atoms with Crippen LogP contribution in [0.1, 0.15) is 84.6 Å². The minimum atomic E-state index is -0.369. The van der Waals surface area contributed by atoms with Gasteiger partial charge < -0.3 is 10.1 Å². The molecule has 0 heterocycles. The summed E-state index contributed by atoms with van der Waals surface area (Å²) in [5.74, 6) is 1.35. The Morgan fingerprint density at radius 3 is 2.45 bits per heavy atom. The van der Waals surface area contributed by atoms with Crippen LogP contribution in [0.25, 0.3) is 6.08 Å². The Labute approximate surface area is 177 Å². The van der Waals surface area contributed by atoms with Crippen molar-refractivity contribution in [2.75, 3.05) is 0 Å². The topological polar surface area (TPSA) is 38.3 Å².